The van der Waals surface area contributed by atoms with E-state index in [4.69, 9.17) is 18.3 Å². The number of hydrogen-bond donors (Lipinski definition) is 0. The van der Waals surface area contributed by atoms with E-state index in [9.17, 15) is 14.4 Å². The average Bonchev–Trinajstić information content (AvgIpc) is 2.83. The smallest absolute Gasteiger partial charge is 0.352 e. The summed E-state index contributed by atoms with van der Waals surface area (Å²) in [7, 11) is 0. The first-order chi connectivity index (χ1) is 16.9. The third-order valence-electron chi connectivity index (χ3n) is 5.59. The Morgan fingerprint density at radius 3 is 2.17 bits per heavy atom. The Hall–Kier alpha value is -4.65. The lowest BCUT2D eigenvalue weighted by Crippen LogP contribution is -2.28. The van der Waals surface area contributed by atoms with Gasteiger partial charge in [0.1, 0.15) is 22.7 Å². The Balaban J connectivity index is 1.37. The van der Waals surface area contributed by atoms with Crippen LogP contribution in [0.5, 0.6) is 11.5 Å². The molecule has 0 saturated heterocycles. The molecule has 0 spiro atoms. The van der Waals surface area contributed by atoms with E-state index in [0.717, 1.165) is 22.1 Å². The highest BCUT2D eigenvalue weighted by Gasteiger charge is 2.19. The zero-order chi connectivity index (χ0) is 24.5. The summed E-state index contributed by atoms with van der Waals surface area (Å²) in [6.07, 6.45) is -0.956. The van der Waals surface area contributed by atoms with Gasteiger partial charge in [0.25, 0.3) is 0 Å². The van der Waals surface area contributed by atoms with Crippen LogP contribution in [-0.2, 0) is 4.79 Å². The maximum atomic E-state index is 12.7. The fourth-order valence-electron chi connectivity index (χ4n) is 3.89. The Bertz CT molecular complexity index is 1680. The first-order valence-electron chi connectivity index (χ1n) is 10.9. The Morgan fingerprint density at radius 2 is 1.40 bits per heavy atom. The maximum Gasteiger partial charge on any atom is 0.352 e. The molecule has 1 atom stereocenters. The topological polar surface area (TPSA) is 96.0 Å². The minimum atomic E-state index is -0.956. The maximum absolute atomic E-state index is 12.7. The zero-order valence-corrected chi connectivity index (χ0v) is 18.9. The molecule has 2 aromatic heterocycles. The van der Waals surface area contributed by atoms with Gasteiger partial charge in [-0.1, -0.05) is 30.3 Å². The van der Waals surface area contributed by atoms with Crippen molar-refractivity contribution in [1.29, 1.82) is 0 Å². The molecule has 0 saturated carbocycles. The number of hydrogen-bond acceptors (Lipinski definition) is 7. The van der Waals surface area contributed by atoms with Gasteiger partial charge in [0.05, 0.1) is 0 Å². The van der Waals surface area contributed by atoms with Crippen LogP contribution >= 0.6 is 0 Å². The Labute approximate surface area is 199 Å². The summed E-state index contributed by atoms with van der Waals surface area (Å²) in [5.41, 5.74) is 2.09. The standard InChI is InChI=1S/C28H20O7/c1-16-12-26(29)34-24-13-19(8-10-21(16)24)32-17(2)28(31)33-20-9-11-22-23(18-6-4-3-5-7-18)15-27(30)35-25(22)14-20/h3-15,17H,1-2H3/t17-/m1/s1. The second-order valence-corrected chi connectivity index (χ2v) is 8.09. The molecule has 174 valence electrons. The van der Waals surface area contributed by atoms with Crippen LogP contribution in [0, 0.1) is 6.92 Å². The number of esters is 1. The predicted octanol–water partition coefficient (Wildman–Crippen LogP) is 5.25. The first-order valence-corrected chi connectivity index (χ1v) is 10.9. The van der Waals surface area contributed by atoms with Gasteiger partial charge in [0.2, 0.25) is 0 Å². The Morgan fingerprint density at radius 1 is 0.771 bits per heavy atom. The Kier molecular flexibility index (Phi) is 5.66. The molecule has 0 aliphatic carbocycles. The predicted molar refractivity (Wildman–Crippen MR) is 131 cm³/mol. The average molecular weight is 468 g/mol. The highest BCUT2D eigenvalue weighted by Crippen LogP contribution is 2.30. The molecule has 0 aliphatic rings. The van der Waals surface area contributed by atoms with Crippen LogP contribution in [-0.4, -0.2) is 12.1 Å². The molecule has 0 fully saturated rings. The molecule has 7 heteroatoms. The lowest BCUT2D eigenvalue weighted by molar-refractivity contribution is -0.141. The quantitative estimate of drug-likeness (QED) is 0.198. The fraction of sp³-hybridized carbons (Fsp3) is 0.107. The molecule has 0 radical (unpaired) electrons. The molecule has 35 heavy (non-hydrogen) atoms. The van der Waals surface area contributed by atoms with Gasteiger partial charge < -0.3 is 18.3 Å². The van der Waals surface area contributed by atoms with Crippen molar-refractivity contribution in [3.05, 3.63) is 105 Å². The molecular weight excluding hydrogens is 448 g/mol. The second-order valence-electron chi connectivity index (χ2n) is 8.09. The summed E-state index contributed by atoms with van der Waals surface area (Å²) in [4.78, 5) is 36.5. The summed E-state index contributed by atoms with van der Waals surface area (Å²) in [5.74, 6) is -0.0733. The zero-order valence-electron chi connectivity index (χ0n) is 18.9. The number of carbonyl (C=O) groups excluding carboxylic acids is 1. The van der Waals surface area contributed by atoms with Crippen LogP contribution in [0.1, 0.15) is 12.5 Å². The second kappa shape index (κ2) is 8.95. The molecular formula is C28H20O7. The van der Waals surface area contributed by atoms with Gasteiger partial charge in [-0.2, -0.15) is 0 Å². The largest absolute Gasteiger partial charge is 0.479 e. The molecule has 2 heterocycles. The number of carbonyl (C=O) groups is 1. The molecule has 7 nitrogen and oxygen atoms in total. The molecule has 0 N–H and O–H groups in total. The van der Waals surface area contributed by atoms with Crippen molar-refractivity contribution >= 4 is 27.9 Å². The van der Waals surface area contributed by atoms with E-state index in [1.165, 1.54) is 18.2 Å². The van der Waals surface area contributed by atoms with Crippen LogP contribution in [0.25, 0.3) is 33.1 Å². The minimum Gasteiger partial charge on any atom is -0.479 e. The molecule has 0 amide bonds. The first kappa shape index (κ1) is 22.2. The summed E-state index contributed by atoms with van der Waals surface area (Å²) in [5, 5.41) is 1.49. The van der Waals surface area contributed by atoms with E-state index in [1.54, 1.807) is 37.3 Å². The SMILES string of the molecule is Cc1cc(=O)oc2cc(O[C@H](C)C(=O)Oc3ccc4c(-c5ccccc5)cc(=O)oc4c3)ccc12. The van der Waals surface area contributed by atoms with Crippen LogP contribution in [0.3, 0.4) is 0 Å². The number of benzene rings is 3. The normalized spacial score (nSPS) is 11.9. The van der Waals surface area contributed by atoms with E-state index < -0.39 is 23.3 Å². The van der Waals surface area contributed by atoms with Gasteiger partial charge in [-0.25, -0.2) is 14.4 Å². The number of fused-ring (bicyclic) bond motifs is 2. The monoisotopic (exact) mass is 468 g/mol. The van der Waals surface area contributed by atoms with Gasteiger partial charge in [0.15, 0.2) is 6.10 Å². The lowest BCUT2D eigenvalue weighted by Gasteiger charge is -2.14. The van der Waals surface area contributed by atoms with Crippen molar-refractivity contribution < 1.29 is 23.1 Å². The summed E-state index contributed by atoms with van der Waals surface area (Å²) >= 11 is 0. The van der Waals surface area contributed by atoms with Gasteiger partial charge in [-0.15, -0.1) is 0 Å². The van der Waals surface area contributed by atoms with E-state index in [0.29, 0.717) is 22.3 Å². The van der Waals surface area contributed by atoms with Gasteiger partial charge >= 0.3 is 17.2 Å². The third kappa shape index (κ3) is 4.56. The number of ether oxygens (including phenoxy) is 2. The number of aryl methyl sites for hydroxylation is 1. The minimum absolute atomic E-state index is 0.214. The van der Waals surface area contributed by atoms with E-state index in [2.05, 4.69) is 0 Å². The summed E-state index contributed by atoms with van der Waals surface area (Å²) < 4.78 is 21.8. The van der Waals surface area contributed by atoms with Crippen LogP contribution in [0.4, 0.5) is 0 Å². The molecule has 5 aromatic rings. The van der Waals surface area contributed by atoms with Crippen LogP contribution in [0.2, 0.25) is 0 Å². The summed E-state index contributed by atoms with van der Waals surface area (Å²) in [6.45, 7) is 3.36. The number of rotatable bonds is 5. The molecule has 0 unspecified atom stereocenters. The highest BCUT2D eigenvalue weighted by molar-refractivity contribution is 5.94. The fourth-order valence-corrected chi connectivity index (χ4v) is 3.89. The van der Waals surface area contributed by atoms with Crippen molar-refractivity contribution in [2.75, 3.05) is 0 Å². The van der Waals surface area contributed by atoms with Gasteiger partial charge in [0, 0.05) is 35.0 Å². The van der Waals surface area contributed by atoms with Crippen LogP contribution in [0.15, 0.2) is 97.3 Å². The summed E-state index contributed by atoms with van der Waals surface area (Å²) in [6, 6.07) is 22.2. The van der Waals surface area contributed by atoms with Crippen molar-refractivity contribution in [2.24, 2.45) is 0 Å². The van der Waals surface area contributed by atoms with Crippen molar-refractivity contribution in [1.82, 2.24) is 0 Å². The van der Waals surface area contributed by atoms with Gasteiger partial charge in [-0.3, -0.25) is 0 Å². The molecule has 0 bridgehead atoms. The van der Waals surface area contributed by atoms with Crippen molar-refractivity contribution in [2.45, 2.75) is 20.0 Å². The molecule has 0 aliphatic heterocycles. The van der Waals surface area contributed by atoms with Crippen LogP contribution < -0.4 is 20.7 Å². The van der Waals surface area contributed by atoms with Crippen molar-refractivity contribution in [3.63, 3.8) is 0 Å². The lowest BCUT2D eigenvalue weighted by atomic mass is 10.0. The molecule has 5 rings (SSSR count). The van der Waals surface area contributed by atoms with E-state index in [-0.39, 0.29) is 5.75 Å². The van der Waals surface area contributed by atoms with E-state index >= 15 is 0 Å². The van der Waals surface area contributed by atoms with E-state index in [1.807, 2.05) is 37.3 Å². The molecule has 3 aromatic carbocycles. The third-order valence-corrected chi connectivity index (χ3v) is 5.59. The van der Waals surface area contributed by atoms with Gasteiger partial charge in [-0.05, 0) is 54.8 Å². The van der Waals surface area contributed by atoms with Crippen molar-refractivity contribution in [3.8, 4) is 22.6 Å². The highest BCUT2D eigenvalue weighted by atomic mass is 16.6.